The van der Waals surface area contributed by atoms with Crippen molar-refractivity contribution in [2.24, 2.45) is 0 Å². The van der Waals surface area contributed by atoms with Crippen LogP contribution in [-0.4, -0.2) is 17.4 Å². The van der Waals surface area contributed by atoms with E-state index < -0.39 is 0 Å². The van der Waals surface area contributed by atoms with Crippen LogP contribution >= 0.6 is 0 Å². The van der Waals surface area contributed by atoms with Gasteiger partial charge in [-0.2, -0.15) is 0 Å². The summed E-state index contributed by atoms with van der Waals surface area (Å²) in [7, 11) is 0. The topological polar surface area (TPSA) is 54.0 Å². The molecular weight excluding hydrogens is 310 g/mol. The zero-order valence-corrected chi connectivity index (χ0v) is 14.7. The average molecular weight is 335 g/mol. The number of carbonyl (C=O) groups is 1. The van der Waals surface area contributed by atoms with Gasteiger partial charge in [-0.05, 0) is 57.2 Å². The summed E-state index contributed by atoms with van der Waals surface area (Å²) in [5.41, 5.74) is 4.94. The Morgan fingerprint density at radius 2 is 1.96 bits per heavy atom. The smallest absolute Gasteiger partial charge is 0.257 e. The molecule has 0 aliphatic heterocycles. The Bertz CT molecular complexity index is 750. The minimum absolute atomic E-state index is 0.144. The van der Waals surface area contributed by atoms with E-state index >= 15 is 0 Å². The zero-order chi connectivity index (χ0) is 17.5. The second-order valence-corrected chi connectivity index (χ2v) is 6.57. The van der Waals surface area contributed by atoms with E-state index in [1.54, 1.807) is 18.0 Å². The Morgan fingerprint density at radius 3 is 2.72 bits per heavy atom. The summed E-state index contributed by atoms with van der Waals surface area (Å²) in [4.78, 5) is 16.6. The van der Waals surface area contributed by atoms with Gasteiger partial charge in [0.25, 0.3) is 5.91 Å². The highest BCUT2D eigenvalue weighted by molar-refractivity contribution is 6.04. The van der Waals surface area contributed by atoms with Crippen molar-refractivity contribution < 1.29 is 4.79 Å². The highest BCUT2D eigenvalue weighted by Crippen LogP contribution is 2.20. The number of nitrogens with zero attached hydrogens (tertiary/aromatic N) is 1. The van der Waals surface area contributed by atoms with Gasteiger partial charge in [-0.1, -0.05) is 29.3 Å². The van der Waals surface area contributed by atoms with Gasteiger partial charge < -0.3 is 10.6 Å². The fourth-order valence-corrected chi connectivity index (χ4v) is 3.00. The van der Waals surface area contributed by atoms with Gasteiger partial charge in [0.15, 0.2) is 0 Å². The Hall–Kier alpha value is -2.62. The fraction of sp³-hybridized carbons (Fsp3) is 0.333. The Labute approximate surface area is 149 Å². The molecule has 0 bridgehead atoms. The monoisotopic (exact) mass is 335 g/mol. The molecule has 0 atom stereocenters. The first-order valence-corrected chi connectivity index (χ1v) is 8.95. The Kier molecular flexibility index (Phi) is 5.83. The zero-order valence-electron chi connectivity index (χ0n) is 14.7. The lowest BCUT2D eigenvalue weighted by Gasteiger charge is -2.13. The molecule has 0 unspecified atom stereocenters. The molecule has 0 spiro atoms. The van der Waals surface area contributed by atoms with E-state index in [0.717, 1.165) is 24.3 Å². The summed E-state index contributed by atoms with van der Waals surface area (Å²) in [5.74, 6) is -0.144. The van der Waals surface area contributed by atoms with Gasteiger partial charge in [0.2, 0.25) is 0 Å². The van der Waals surface area contributed by atoms with Crippen molar-refractivity contribution in [3.8, 4) is 0 Å². The van der Waals surface area contributed by atoms with Gasteiger partial charge in [-0.15, -0.1) is 0 Å². The molecule has 25 heavy (non-hydrogen) atoms. The van der Waals surface area contributed by atoms with Crippen LogP contribution in [0.3, 0.4) is 0 Å². The normalized spacial score (nSPS) is 13.9. The number of hydrogen-bond donors (Lipinski definition) is 2. The summed E-state index contributed by atoms with van der Waals surface area (Å²) >= 11 is 0. The first kappa shape index (κ1) is 17.2. The third-order valence-corrected chi connectivity index (χ3v) is 4.47. The molecule has 3 rings (SSSR count). The van der Waals surface area contributed by atoms with Crippen LogP contribution in [0.2, 0.25) is 0 Å². The molecule has 1 aliphatic carbocycles. The molecule has 1 aromatic heterocycles. The van der Waals surface area contributed by atoms with E-state index in [0.29, 0.717) is 5.56 Å². The quantitative estimate of drug-likeness (QED) is 0.735. The third-order valence-electron chi connectivity index (χ3n) is 4.47. The summed E-state index contributed by atoms with van der Waals surface area (Å²) in [5, 5.41) is 6.28. The molecule has 1 aliphatic rings. The maximum absolute atomic E-state index is 12.4. The molecule has 1 aromatic carbocycles. The van der Waals surface area contributed by atoms with Crippen molar-refractivity contribution in [2.45, 2.75) is 39.0 Å². The number of aryl methyl sites for hydroxylation is 1. The van der Waals surface area contributed by atoms with Crippen molar-refractivity contribution in [3.63, 3.8) is 0 Å². The Balaban J connectivity index is 1.55. The molecule has 0 radical (unpaired) electrons. The first-order valence-electron chi connectivity index (χ1n) is 8.95. The van der Waals surface area contributed by atoms with Gasteiger partial charge in [0, 0.05) is 24.6 Å². The number of anilines is 2. The van der Waals surface area contributed by atoms with E-state index in [1.807, 2.05) is 37.3 Å². The molecular formula is C21H25N3O. The van der Waals surface area contributed by atoms with Crippen LogP contribution < -0.4 is 10.6 Å². The van der Waals surface area contributed by atoms with Crippen LogP contribution in [0.15, 0.2) is 54.4 Å². The number of benzene rings is 1. The third kappa shape index (κ3) is 5.18. The average Bonchev–Trinajstić information content (AvgIpc) is 2.65. The van der Waals surface area contributed by atoms with E-state index in [-0.39, 0.29) is 5.91 Å². The number of nitrogens with one attached hydrogen (secondary N) is 2. The SMILES string of the molecule is Cc1ccc(NC(=O)c2cncc(NCCC3=CCCCC3)c2)cc1. The number of allylic oxidation sites excluding steroid dienone is 1. The maximum atomic E-state index is 12.4. The Morgan fingerprint density at radius 1 is 1.12 bits per heavy atom. The van der Waals surface area contributed by atoms with Crippen molar-refractivity contribution in [2.75, 3.05) is 17.2 Å². The maximum Gasteiger partial charge on any atom is 0.257 e. The predicted octanol–water partition coefficient (Wildman–Crippen LogP) is 4.94. The lowest BCUT2D eigenvalue weighted by Crippen LogP contribution is -2.13. The number of aromatic nitrogens is 1. The minimum atomic E-state index is -0.144. The lowest BCUT2D eigenvalue weighted by molar-refractivity contribution is 0.102. The minimum Gasteiger partial charge on any atom is -0.383 e. The number of pyridine rings is 1. The molecule has 4 heteroatoms. The molecule has 1 amide bonds. The van der Waals surface area contributed by atoms with Crippen LogP contribution in [0, 0.1) is 6.92 Å². The van der Waals surface area contributed by atoms with Crippen molar-refractivity contribution >= 4 is 17.3 Å². The highest BCUT2D eigenvalue weighted by Gasteiger charge is 2.08. The standard InChI is InChI=1S/C21H25N3O/c1-16-7-9-19(10-8-16)24-21(25)18-13-20(15-22-14-18)23-12-11-17-5-3-2-4-6-17/h5,7-10,13-15,23H,2-4,6,11-12H2,1H3,(H,24,25). The van der Waals surface area contributed by atoms with Gasteiger partial charge >= 0.3 is 0 Å². The van der Waals surface area contributed by atoms with E-state index in [9.17, 15) is 4.79 Å². The van der Waals surface area contributed by atoms with Gasteiger partial charge in [-0.25, -0.2) is 0 Å². The number of carbonyl (C=O) groups excluding carboxylic acids is 1. The molecule has 1 heterocycles. The fourth-order valence-electron chi connectivity index (χ4n) is 3.00. The molecule has 0 saturated carbocycles. The predicted molar refractivity (Wildman–Crippen MR) is 103 cm³/mol. The number of rotatable bonds is 6. The van der Waals surface area contributed by atoms with Crippen LogP contribution in [0.5, 0.6) is 0 Å². The first-order chi connectivity index (χ1) is 12.2. The lowest BCUT2D eigenvalue weighted by atomic mass is 9.97. The van der Waals surface area contributed by atoms with E-state index in [2.05, 4.69) is 21.7 Å². The molecule has 4 nitrogen and oxygen atoms in total. The van der Waals surface area contributed by atoms with E-state index in [4.69, 9.17) is 0 Å². The second kappa shape index (κ2) is 8.47. The van der Waals surface area contributed by atoms with Crippen LogP contribution in [-0.2, 0) is 0 Å². The van der Waals surface area contributed by atoms with Gasteiger partial charge in [-0.3, -0.25) is 9.78 Å². The molecule has 130 valence electrons. The molecule has 0 fully saturated rings. The van der Waals surface area contributed by atoms with Crippen LogP contribution in [0.1, 0.15) is 48.0 Å². The number of hydrogen-bond acceptors (Lipinski definition) is 3. The molecule has 2 N–H and O–H groups in total. The highest BCUT2D eigenvalue weighted by atomic mass is 16.1. The number of amides is 1. The largest absolute Gasteiger partial charge is 0.383 e. The molecule has 2 aromatic rings. The summed E-state index contributed by atoms with van der Waals surface area (Å²) in [6, 6.07) is 9.62. The second-order valence-electron chi connectivity index (χ2n) is 6.57. The van der Waals surface area contributed by atoms with Crippen molar-refractivity contribution in [1.82, 2.24) is 4.98 Å². The summed E-state index contributed by atoms with van der Waals surface area (Å²) in [6.07, 6.45) is 11.8. The molecule has 0 saturated heterocycles. The van der Waals surface area contributed by atoms with Crippen LogP contribution in [0.25, 0.3) is 0 Å². The van der Waals surface area contributed by atoms with E-state index in [1.165, 1.54) is 31.2 Å². The summed E-state index contributed by atoms with van der Waals surface area (Å²) < 4.78 is 0. The van der Waals surface area contributed by atoms with Gasteiger partial charge in [0.05, 0.1) is 11.3 Å². The summed E-state index contributed by atoms with van der Waals surface area (Å²) in [6.45, 7) is 2.89. The van der Waals surface area contributed by atoms with Gasteiger partial charge in [0.1, 0.15) is 0 Å². The van der Waals surface area contributed by atoms with Crippen LogP contribution in [0.4, 0.5) is 11.4 Å². The van der Waals surface area contributed by atoms with Crippen molar-refractivity contribution in [1.29, 1.82) is 0 Å². The van der Waals surface area contributed by atoms with Crippen molar-refractivity contribution in [3.05, 3.63) is 65.5 Å².